The zero-order valence-electron chi connectivity index (χ0n) is 10.7. The van der Waals surface area contributed by atoms with Gasteiger partial charge in [-0.15, -0.1) is 0 Å². The summed E-state index contributed by atoms with van der Waals surface area (Å²) in [6.07, 6.45) is 2.52. The first-order valence-corrected chi connectivity index (χ1v) is 6.62. The second kappa shape index (κ2) is 4.52. The largest absolute Gasteiger partial charge is 0.481 e. The molecule has 1 aromatic carbocycles. The molecular formula is C14H18N2O2. The van der Waals surface area contributed by atoms with Gasteiger partial charge in [0.15, 0.2) is 6.61 Å². The van der Waals surface area contributed by atoms with E-state index in [4.69, 9.17) is 4.74 Å². The highest BCUT2D eigenvalue weighted by Crippen LogP contribution is 2.36. The fourth-order valence-corrected chi connectivity index (χ4v) is 2.71. The van der Waals surface area contributed by atoms with Crippen LogP contribution in [0.15, 0.2) is 18.2 Å². The third kappa shape index (κ3) is 1.82. The summed E-state index contributed by atoms with van der Waals surface area (Å²) in [6, 6.07) is 6.16. The van der Waals surface area contributed by atoms with Gasteiger partial charge in [0.2, 0.25) is 0 Å². The average molecular weight is 246 g/mol. The second-order valence-electron chi connectivity index (χ2n) is 4.77. The van der Waals surface area contributed by atoms with Gasteiger partial charge in [-0.05, 0) is 31.9 Å². The zero-order valence-corrected chi connectivity index (χ0v) is 10.7. The normalized spacial score (nSPS) is 18.8. The predicted octanol–water partition coefficient (Wildman–Crippen LogP) is 2.03. The summed E-state index contributed by atoms with van der Waals surface area (Å²) in [5.74, 6) is 0.875. The average Bonchev–Trinajstić information content (AvgIpc) is 2.92. The van der Waals surface area contributed by atoms with Crippen LogP contribution in [0.25, 0.3) is 0 Å². The minimum atomic E-state index is 0.0407. The van der Waals surface area contributed by atoms with Crippen molar-refractivity contribution in [2.75, 3.05) is 36.0 Å². The van der Waals surface area contributed by atoms with Gasteiger partial charge in [-0.2, -0.15) is 0 Å². The van der Waals surface area contributed by atoms with Gasteiger partial charge in [0, 0.05) is 31.4 Å². The quantitative estimate of drug-likeness (QED) is 0.800. The molecule has 2 heterocycles. The number of likely N-dealkylation sites (N-methyl/N-ethyl adjacent to an activating group) is 1. The first-order valence-electron chi connectivity index (χ1n) is 6.62. The van der Waals surface area contributed by atoms with Crippen LogP contribution < -0.4 is 14.5 Å². The highest BCUT2D eigenvalue weighted by atomic mass is 16.5. The highest BCUT2D eigenvalue weighted by molar-refractivity contribution is 5.98. The van der Waals surface area contributed by atoms with Crippen LogP contribution in [0.3, 0.4) is 0 Å². The van der Waals surface area contributed by atoms with Crippen LogP contribution in [0.2, 0.25) is 0 Å². The van der Waals surface area contributed by atoms with Gasteiger partial charge in [0.1, 0.15) is 5.75 Å². The molecule has 4 nitrogen and oxygen atoms in total. The zero-order chi connectivity index (χ0) is 12.5. The minimum absolute atomic E-state index is 0.0407. The number of hydrogen-bond acceptors (Lipinski definition) is 3. The number of anilines is 2. The monoisotopic (exact) mass is 246 g/mol. The lowest BCUT2D eigenvalue weighted by Gasteiger charge is -2.29. The van der Waals surface area contributed by atoms with Crippen LogP contribution in [-0.2, 0) is 4.79 Å². The maximum atomic E-state index is 11.7. The van der Waals surface area contributed by atoms with Crippen molar-refractivity contribution < 1.29 is 9.53 Å². The molecule has 0 spiro atoms. The van der Waals surface area contributed by atoms with E-state index in [2.05, 4.69) is 17.0 Å². The first-order chi connectivity index (χ1) is 8.79. The molecule has 96 valence electrons. The smallest absolute Gasteiger partial charge is 0.265 e. The maximum absolute atomic E-state index is 11.7. The number of benzene rings is 1. The Balaban J connectivity index is 1.93. The number of carbonyl (C=O) groups excluding carboxylic acids is 1. The van der Waals surface area contributed by atoms with E-state index in [0.29, 0.717) is 6.54 Å². The van der Waals surface area contributed by atoms with Gasteiger partial charge in [0.05, 0.1) is 5.69 Å². The van der Waals surface area contributed by atoms with Crippen LogP contribution in [0, 0.1) is 0 Å². The van der Waals surface area contributed by atoms with E-state index in [1.54, 1.807) is 4.90 Å². The topological polar surface area (TPSA) is 32.8 Å². The van der Waals surface area contributed by atoms with Crippen molar-refractivity contribution in [3.63, 3.8) is 0 Å². The van der Waals surface area contributed by atoms with Gasteiger partial charge < -0.3 is 14.5 Å². The molecule has 2 aliphatic heterocycles. The molecule has 0 atom stereocenters. The Morgan fingerprint density at radius 2 is 2.06 bits per heavy atom. The van der Waals surface area contributed by atoms with E-state index in [1.807, 2.05) is 13.0 Å². The Hall–Kier alpha value is -1.71. The van der Waals surface area contributed by atoms with Gasteiger partial charge >= 0.3 is 0 Å². The van der Waals surface area contributed by atoms with Gasteiger partial charge in [-0.3, -0.25) is 4.79 Å². The fraction of sp³-hybridized carbons (Fsp3) is 0.500. The molecule has 0 saturated carbocycles. The van der Waals surface area contributed by atoms with E-state index in [-0.39, 0.29) is 12.5 Å². The van der Waals surface area contributed by atoms with Crippen molar-refractivity contribution in [2.45, 2.75) is 19.8 Å². The van der Waals surface area contributed by atoms with E-state index in [0.717, 1.165) is 24.5 Å². The molecule has 1 saturated heterocycles. The van der Waals surface area contributed by atoms with E-state index < -0.39 is 0 Å². The van der Waals surface area contributed by atoms with E-state index in [9.17, 15) is 4.79 Å². The minimum Gasteiger partial charge on any atom is -0.481 e. The molecule has 0 bridgehead atoms. The summed E-state index contributed by atoms with van der Waals surface area (Å²) >= 11 is 0. The second-order valence-corrected chi connectivity index (χ2v) is 4.77. The lowest BCUT2D eigenvalue weighted by molar-refractivity contribution is -0.121. The SMILES string of the molecule is CCN1C(=O)COc2cc(N3CCCC3)ccc21. The molecule has 3 rings (SSSR count). The standard InChI is InChI=1S/C14H18N2O2/c1-2-16-12-6-5-11(15-7-3-4-8-15)9-13(12)18-10-14(16)17/h5-6,9H,2-4,7-8,10H2,1H3. The number of carbonyl (C=O) groups is 1. The van der Waals surface area contributed by atoms with Crippen molar-refractivity contribution >= 4 is 17.3 Å². The Kier molecular flexibility index (Phi) is 2.86. The van der Waals surface area contributed by atoms with Crippen molar-refractivity contribution in [3.8, 4) is 5.75 Å². The predicted molar refractivity (Wildman–Crippen MR) is 71.4 cm³/mol. The highest BCUT2D eigenvalue weighted by Gasteiger charge is 2.25. The lowest BCUT2D eigenvalue weighted by atomic mass is 10.2. The Bertz CT molecular complexity index is 467. The Labute approximate surface area is 107 Å². The van der Waals surface area contributed by atoms with Crippen molar-refractivity contribution in [1.29, 1.82) is 0 Å². The molecule has 0 unspecified atom stereocenters. The number of nitrogens with zero attached hydrogens (tertiary/aromatic N) is 2. The molecule has 0 radical (unpaired) electrons. The number of ether oxygens (including phenoxy) is 1. The van der Waals surface area contributed by atoms with Gasteiger partial charge in [0.25, 0.3) is 5.91 Å². The summed E-state index contributed by atoms with van der Waals surface area (Å²) in [5.41, 5.74) is 2.10. The molecule has 2 aliphatic rings. The number of hydrogen-bond donors (Lipinski definition) is 0. The summed E-state index contributed by atoms with van der Waals surface area (Å²) in [7, 11) is 0. The molecule has 0 N–H and O–H groups in total. The molecule has 1 aromatic rings. The van der Waals surface area contributed by atoms with Gasteiger partial charge in [-0.25, -0.2) is 0 Å². The Morgan fingerprint density at radius 3 is 2.78 bits per heavy atom. The van der Waals surface area contributed by atoms with Crippen LogP contribution >= 0.6 is 0 Å². The first kappa shape index (κ1) is 11.4. The maximum Gasteiger partial charge on any atom is 0.265 e. The molecule has 0 aromatic heterocycles. The fourth-order valence-electron chi connectivity index (χ4n) is 2.71. The number of fused-ring (bicyclic) bond motifs is 1. The third-order valence-corrected chi connectivity index (χ3v) is 3.67. The molecule has 18 heavy (non-hydrogen) atoms. The van der Waals surface area contributed by atoms with Crippen LogP contribution in [-0.4, -0.2) is 32.1 Å². The van der Waals surface area contributed by atoms with E-state index >= 15 is 0 Å². The van der Waals surface area contributed by atoms with Crippen LogP contribution in [0.4, 0.5) is 11.4 Å². The third-order valence-electron chi connectivity index (χ3n) is 3.67. The van der Waals surface area contributed by atoms with Crippen LogP contribution in [0.1, 0.15) is 19.8 Å². The summed E-state index contributed by atoms with van der Waals surface area (Å²) in [5, 5.41) is 0. The molecule has 1 fully saturated rings. The van der Waals surface area contributed by atoms with Crippen molar-refractivity contribution in [1.82, 2.24) is 0 Å². The molecular weight excluding hydrogens is 228 g/mol. The summed E-state index contributed by atoms with van der Waals surface area (Å²) < 4.78 is 5.55. The van der Waals surface area contributed by atoms with Crippen molar-refractivity contribution in [3.05, 3.63) is 18.2 Å². The molecule has 4 heteroatoms. The van der Waals surface area contributed by atoms with E-state index in [1.165, 1.54) is 18.5 Å². The lowest BCUT2D eigenvalue weighted by Crippen LogP contribution is -2.38. The molecule has 0 aliphatic carbocycles. The van der Waals surface area contributed by atoms with Crippen molar-refractivity contribution in [2.24, 2.45) is 0 Å². The summed E-state index contributed by atoms with van der Waals surface area (Å²) in [4.78, 5) is 15.9. The van der Waals surface area contributed by atoms with Gasteiger partial charge in [-0.1, -0.05) is 0 Å². The molecule has 1 amide bonds. The summed E-state index contributed by atoms with van der Waals surface area (Å²) in [6.45, 7) is 5.08. The Morgan fingerprint density at radius 1 is 1.28 bits per heavy atom. The van der Waals surface area contributed by atoms with Crippen LogP contribution in [0.5, 0.6) is 5.75 Å². The number of amides is 1. The number of rotatable bonds is 2.